The molecule has 8 nitrogen and oxygen atoms in total. The Balaban J connectivity index is 2.06. The van der Waals surface area contributed by atoms with Crippen molar-refractivity contribution in [3.8, 4) is 0 Å². The fourth-order valence-corrected chi connectivity index (χ4v) is 1.48. The maximum atomic E-state index is 11.6. The molecule has 0 radical (unpaired) electrons. The van der Waals surface area contributed by atoms with Crippen LogP contribution in [0.1, 0.15) is 6.42 Å². The lowest BCUT2D eigenvalue weighted by atomic mass is 10.4. The molecule has 0 spiro atoms. The molecule has 0 bridgehead atoms. The van der Waals surface area contributed by atoms with Gasteiger partial charge in [-0.15, -0.1) is 0 Å². The Kier molecular flexibility index (Phi) is 7.88. The maximum absolute atomic E-state index is 11.6. The number of carbonyl (C=O) groups is 3. The zero-order valence-electron chi connectivity index (χ0n) is 11.9. The molecular weight excluding hydrogens is 282 g/mol. The number of ether oxygens (including phenoxy) is 4. The number of amides is 1. The van der Waals surface area contributed by atoms with Crippen LogP contribution in [0.5, 0.6) is 0 Å². The van der Waals surface area contributed by atoms with Crippen molar-refractivity contribution in [3.63, 3.8) is 0 Å². The van der Waals surface area contributed by atoms with Gasteiger partial charge in [-0.05, 0) is 0 Å². The van der Waals surface area contributed by atoms with Gasteiger partial charge in [-0.2, -0.15) is 0 Å². The Bertz CT molecular complexity index is 388. The molecule has 21 heavy (non-hydrogen) atoms. The van der Waals surface area contributed by atoms with Crippen LogP contribution >= 0.6 is 0 Å². The van der Waals surface area contributed by atoms with Crippen LogP contribution < -0.4 is 0 Å². The average molecular weight is 301 g/mol. The summed E-state index contributed by atoms with van der Waals surface area (Å²) in [5.74, 6) is -1.29. The first-order valence-electron chi connectivity index (χ1n) is 6.55. The summed E-state index contributed by atoms with van der Waals surface area (Å²) in [5.41, 5.74) is 0. The SMILES string of the molecule is COC(=O)/C=C/C(=O)OCCCOC(=O)N1CCOCC1. The Labute approximate surface area is 122 Å². The summed E-state index contributed by atoms with van der Waals surface area (Å²) in [4.78, 5) is 35.0. The summed E-state index contributed by atoms with van der Waals surface area (Å²) in [7, 11) is 1.21. The number of morpholine rings is 1. The zero-order valence-corrected chi connectivity index (χ0v) is 11.9. The molecule has 0 aromatic heterocycles. The van der Waals surface area contributed by atoms with Gasteiger partial charge >= 0.3 is 18.0 Å². The molecule has 118 valence electrons. The minimum absolute atomic E-state index is 0.0980. The van der Waals surface area contributed by atoms with E-state index >= 15 is 0 Å². The lowest BCUT2D eigenvalue weighted by molar-refractivity contribution is -0.139. The minimum Gasteiger partial charge on any atom is -0.466 e. The van der Waals surface area contributed by atoms with E-state index in [2.05, 4.69) is 4.74 Å². The molecule has 0 unspecified atom stereocenters. The second-order valence-electron chi connectivity index (χ2n) is 4.09. The molecule has 1 fully saturated rings. The highest BCUT2D eigenvalue weighted by Crippen LogP contribution is 2.00. The smallest absolute Gasteiger partial charge is 0.409 e. The number of rotatable bonds is 6. The largest absolute Gasteiger partial charge is 0.466 e. The predicted molar refractivity (Wildman–Crippen MR) is 70.5 cm³/mol. The van der Waals surface area contributed by atoms with E-state index < -0.39 is 18.0 Å². The Hall–Kier alpha value is -2.09. The molecule has 1 aliphatic heterocycles. The van der Waals surface area contributed by atoms with Crippen molar-refractivity contribution in [1.29, 1.82) is 0 Å². The standard InChI is InChI=1S/C13H19NO7/c1-18-11(15)3-4-12(16)20-7-2-8-21-13(17)14-5-9-19-10-6-14/h3-4H,2,5-10H2,1H3/b4-3+. The van der Waals surface area contributed by atoms with E-state index in [4.69, 9.17) is 14.2 Å². The molecule has 1 heterocycles. The molecule has 0 aromatic carbocycles. The summed E-state index contributed by atoms with van der Waals surface area (Å²) >= 11 is 0. The maximum Gasteiger partial charge on any atom is 0.409 e. The monoisotopic (exact) mass is 301 g/mol. The molecule has 0 aliphatic carbocycles. The quantitative estimate of drug-likeness (QED) is 0.298. The molecular formula is C13H19NO7. The minimum atomic E-state index is -0.653. The summed E-state index contributed by atoms with van der Waals surface area (Å²) in [5, 5.41) is 0. The van der Waals surface area contributed by atoms with Crippen molar-refractivity contribution < 1.29 is 33.3 Å². The van der Waals surface area contributed by atoms with Gasteiger partial charge in [0.05, 0.1) is 33.5 Å². The highest BCUT2D eigenvalue weighted by Gasteiger charge is 2.17. The molecule has 8 heteroatoms. The Morgan fingerprint density at radius 3 is 2.33 bits per heavy atom. The highest BCUT2D eigenvalue weighted by atomic mass is 16.6. The second-order valence-corrected chi connectivity index (χ2v) is 4.09. The number of esters is 2. The number of hydrogen-bond acceptors (Lipinski definition) is 7. The second kappa shape index (κ2) is 9.76. The molecule has 1 aliphatic rings. The molecule has 1 saturated heterocycles. The van der Waals surface area contributed by atoms with Crippen LogP contribution in [-0.4, -0.2) is 69.6 Å². The highest BCUT2D eigenvalue weighted by molar-refractivity contribution is 5.91. The fraction of sp³-hybridized carbons (Fsp3) is 0.615. The summed E-state index contributed by atoms with van der Waals surface area (Å²) in [6.07, 6.45) is 1.94. The van der Waals surface area contributed by atoms with Crippen LogP contribution in [-0.2, 0) is 28.5 Å². The molecule has 0 saturated carbocycles. The third kappa shape index (κ3) is 7.31. The summed E-state index contributed by atoms with van der Waals surface area (Å²) in [6, 6.07) is 0. The van der Waals surface area contributed by atoms with Gasteiger partial charge in [0.15, 0.2) is 0 Å². The number of methoxy groups -OCH3 is 1. The fourth-order valence-electron chi connectivity index (χ4n) is 1.48. The molecule has 1 amide bonds. The number of nitrogens with zero attached hydrogens (tertiary/aromatic N) is 1. The first kappa shape index (κ1) is 17.0. The lowest BCUT2D eigenvalue weighted by Crippen LogP contribution is -2.41. The van der Waals surface area contributed by atoms with Gasteiger partial charge in [-0.1, -0.05) is 0 Å². The van der Waals surface area contributed by atoms with Gasteiger partial charge in [0.2, 0.25) is 0 Å². The normalized spacial score (nSPS) is 14.8. The van der Waals surface area contributed by atoms with E-state index in [9.17, 15) is 14.4 Å². The van der Waals surface area contributed by atoms with Crippen molar-refractivity contribution in [2.75, 3.05) is 46.6 Å². The van der Waals surface area contributed by atoms with Crippen LogP contribution in [0, 0.1) is 0 Å². The van der Waals surface area contributed by atoms with Gasteiger partial charge in [0.1, 0.15) is 0 Å². The number of carbonyl (C=O) groups excluding carboxylic acids is 3. The third-order valence-corrected chi connectivity index (χ3v) is 2.58. The van der Waals surface area contributed by atoms with E-state index in [1.54, 1.807) is 4.90 Å². The predicted octanol–water partition coefficient (Wildman–Crippen LogP) is 0.118. The van der Waals surface area contributed by atoms with E-state index in [0.29, 0.717) is 32.7 Å². The average Bonchev–Trinajstić information content (AvgIpc) is 2.52. The van der Waals surface area contributed by atoms with Gasteiger partial charge in [0, 0.05) is 31.7 Å². The van der Waals surface area contributed by atoms with Gasteiger partial charge in [-0.3, -0.25) is 0 Å². The molecule has 0 N–H and O–H groups in total. The van der Waals surface area contributed by atoms with Crippen molar-refractivity contribution >= 4 is 18.0 Å². The summed E-state index contributed by atoms with van der Waals surface area (Å²) in [6.45, 7) is 2.32. The Morgan fingerprint density at radius 2 is 1.67 bits per heavy atom. The van der Waals surface area contributed by atoms with E-state index in [1.807, 2.05) is 0 Å². The van der Waals surface area contributed by atoms with Crippen molar-refractivity contribution in [2.45, 2.75) is 6.42 Å². The summed E-state index contributed by atoms with van der Waals surface area (Å²) < 4.78 is 19.3. The van der Waals surface area contributed by atoms with Crippen molar-refractivity contribution in [1.82, 2.24) is 4.90 Å². The van der Waals surface area contributed by atoms with Crippen molar-refractivity contribution in [3.05, 3.63) is 12.2 Å². The van der Waals surface area contributed by atoms with Crippen LogP contribution in [0.3, 0.4) is 0 Å². The van der Waals surface area contributed by atoms with Crippen LogP contribution in [0.15, 0.2) is 12.2 Å². The van der Waals surface area contributed by atoms with E-state index in [0.717, 1.165) is 12.2 Å². The third-order valence-electron chi connectivity index (χ3n) is 2.58. The first-order chi connectivity index (χ1) is 10.1. The first-order valence-corrected chi connectivity index (χ1v) is 6.55. The van der Waals surface area contributed by atoms with Crippen molar-refractivity contribution in [2.24, 2.45) is 0 Å². The van der Waals surface area contributed by atoms with Gasteiger partial charge < -0.3 is 23.8 Å². The van der Waals surface area contributed by atoms with Gasteiger partial charge in [-0.25, -0.2) is 14.4 Å². The molecule has 1 rings (SSSR count). The van der Waals surface area contributed by atoms with E-state index in [1.165, 1.54) is 7.11 Å². The Morgan fingerprint density at radius 1 is 1.05 bits per heavy atom. The van der Waals surface area contributed by atoms with E-state index in [-0.39, 0.29) is 13.2 Å². The van der Waals surface area contributed by atoms with Crippen LogP contribution in [0.25, 0.3) is 0 Å². The number of hydrogen-bond donors (Lipinski definition) is 0. The van der Waals surface area contributed by atoms with Gasteiger partial charge in [0.25, 0.3) is 0 Å². The molecule has 0 atom stereocenters. The zero-order chi connectivity index (χ0) is 15.5. The topological polar surface area (TPSA) is 91.4 Å². The molecule has 0 aromatic rings. The van der Waals surface area contributed by atoms with Crippen LogP contribution in [0.2, 0.25) is 0 Å². The van der Waals surface area contributed by atoms with Crippen LogP contribution in [0.4, 0.5) is 4.79 Å². The lowest BCUT2D eigenvalue weighted by Gasteiger charge is -2.25.